The van der Waals surface area contributed by atoms with E-state index in [-0.39, 0.29) is 23.3 Å². The van der Waals surface area contributed by atoms with Crippen LogP contribution in [0.3, 0.4) is 0 Å². The second-order valence-corrected chi connectivity index (χ2v) is 7.82. The Kier molecular flexibility index (Phi) is 4.64. The van der Waals surface area contributed by atoms with E-state index >= 15 is 0 Å². The first-order valence-electron chi connectivity index (χ1n) is 9.32. The van der Waals surface area contributed by atoms with Gasteiger partial charge in [0.25, 0.3) is 11.8 Å². The molecule has 1 aliphatic rings. The van der Waals surface area contributed by atoms with Crippen molar-refractivity contribution in [1.29, 1.82) is 0 Å². The molecule has 0 unspecified atom stereocenters. The third-order valence-corrected chi connectivity index (χ3v) is 5.77. The lowest BCUT2D eigenvalue weighted by molar-refractivity contribution is 0.0725. The lowest BCUT2D eigenvalue weighted by atomic mass is 10.1. The molecule has 4 heterocycles. The summed E-state index contributed by atoms with van der Waals surface area (Å²) in [5.41, 5.74) is 2.03. The minimum absolute atomic E-state index is 0.193. The van der Waals surface area contributed by atoms with Crippen molar-refractivity contribution >= 4 is 28.3 Å². The van der Waals surface area contributed by atoms with Gasteiger partial charge in [0.2, 0.25) is 0 Å². The van der Waals surface area contributed by atoms with E-state index < -0.39 is 0 Å². The second kappa shape index (κ2) is 7.60. The summed E-state index contributed by atoms with van der Waals surface area (Å²) in [5, 5.41) is 7.18. The van der Waals surface area contributed by atoms with Crippen LogP contribution in [0.25, 0.3) is 11.3 Å². The van der Waals surface area contributed by atoms with Crippen LogP contribution in [0.1, 0.15) is 31.6 Å². The summed E-state index contributed by atoms with van der Waals surface area (Å²) in [6.07, 6.45) is 2.05. The Morgan fingerprint density at radius 2 is 2.00 bits per heavy atom. The van der Waals surface area contributed by atoms with Crippen molar-refractivity contribution in [2.75, 3.05) is 11.9 Å². The highest BCUT2D eigenvalue weighted by Crippen LogP contribution is 2.30. The van der Waals surface area contributed by atoms with E-state index in [2.05, 4.69) is 15.5 Å². The van der Waals surface area contributed by atoms with E-state index in [1.165, 1.54) is 17.6 Å². The average Bonchev–Trinajstić information content (AvgIpc) is 3.53. The highest BCUT2D eigenvalue weighted by molar-refractivity contribution is 7.15. The van der Waals surface area contributed by atoms with Gasteiger partial charge in [0.1, 0.15) is 0 Å². The van der Waals surface area contributed by atoms with Crippen LogP contribution in [0.4, 0.5) is 5.13 Å². The smallest absolute Gasteiger partial charge is 0.293 e. The van der Waals surface area contributed by atoms with Crippen molar-refractivity contribution < 1.29 is 18.5 Å². The summed E-state index contributed by atoms with van der Waals surface area (Å²) in [7, 11) is 0. The minimum atomic E-state index is -0.352. The molecule has 1 N–H and O–H groups in total. The van der Waals surface area contributed by atoms with Crippen LogP contribution in [0, 0.1) is 0 Å². The highest BCUT2D eigenvalue weighted by atomic mass is 32.1. The summed E-state index contributed by atoms with van der Waals surface area (Å²) in [6.45, 7) is 0.935. The fourth-order valence-corrected chi connectivity index (χ4v) is 4.28. The number of thiazole rings is 1. The summed E-state index contributed by atoms with van der Waals surface area (Å²) in [6, 6.07) is 14.4. The molecule has 0 saturated heterocycles. The molecular weight excluding hydrogens is 404 g/mol. The Hall–Kier alpha value is -3.72. The van der Waals surface area contributed by atoms with Gasteiger partial charge in [0.15, 0.2) is 22.3 Å². The van der Waals surface area contributed by atoms with Crippen LogP contribution < -0.4 is 5.32 Å². The summed E-state index contributed by atoms with van der Waals surface area (Å²) < 4.78 is 10.4. The molecule has 2 amide bonds. The van der Waals surface area contributed by atoms with E-state index in [0.717, 1.165) is 16.1 Å². The van der Waals surface area contributed by atoms with Crippen LogP contribution >= 0.6 is 11.3 Å². The molecule has 0 bridgehead atoms. The van der Waals surface area contributed by atoms with Gasteiger partial charge in [-0.1, -0.05) is 46.8 Å². The monoisotopic (exact) mass is 420 g/mol. The number of amides is 2. The fraction of sp³-hybridized carbons (Fsp3) is 0.143. The fourth-order valence-electron chi connectivity index (χ4n) is 3.27. The molecule has 0 fully saturated rings. The number of nitrogens with one attached hydrogen (secondary N) is 1. The van der Waals surface area contributed by atoms with Crippen LogP contribution in [-0.2, 0) is 13.0 Å². The molecule has 1 aromatic carbocycles. The van der Waals surface area contributed by atoms with Gasteiger partial charge in [-0.25, -0.2) is 4.98 Å². The molecule has 0 atom stereocenters. The number of nitrogens with zero attached hydrogens (tertiary/aromatic N) is 3. The van der Waals surface area contributed by atoms with Gasteiger partial charge in [0.05, 0.1) is 18.5 Å². The number of fused-ring (bicyclic) bond motifs is 1. The number of carbonyl (C=O) groups is 2. The molecule has 9 heteroatoms. The highest BCUT2D eigenvalue weighted by Gasteiger charge is 2.27. The lowest BCUT2D eigenvalue weighted by Gasteiger charge is -2.25. The van der Waals surface area contributed by atoms with Gasteiger partial charge in [-0.3, -0.25) is 14.9 Å². The standard InChI is InChI=1S/C21H16N4O4S/c26-19(16-7-4-10-28-16)23-21-22-14-8-9-25(12-18(14)30-21)20(27)15-11-17(29-24-15)13-5-2-1-3-6-13/h1-7,10-11H,8-9,12H2,(H,22,23,26). The zero-order valence-electron chi connectivity index (χ0n) is 15.7. The Balaban J connectivity index is 1.29. The van der Waals surface area contributed by atoms with Crippen molar-refractivity contribution in [3.63, 3.8) is 0 Å². The molecule has 5 rings (SSSR count). The quantitative estimate of drug-likeness (QED) is 0.538. The maximum absolute atomic E-state index is 12.9. The van der Waals surface area contributed by atoms with Gasteiger partial charge in [-0.05, 0) is 12.1 Å². The summed E-state index contributed by atoms with van der Waals surface area (Å²) >= 11 is 1.36. The van der Waals surface area contributed by atoms with Crippen LogP contribution in [0.2, 0.25) is 0 Å². The molecular formula is C21H16N4O4S. The molecule has 0 spiro atoms. The van der Waals surface area contributed by atoms with Crippen LogP contribution in [-0.4, -0.2) is 33.4 Å². The maximum Gasteiger partial charge on any atom is 0.293 e. The SMILES string of the molecule is O=C(Nc1nc2c(s1)CN(C(=O)c1cc(-c3ccccc3)on1)CC2)c1ccco1. The van der Waals surface area contributed by atoms with E-state index in [1.54, 1.807) is 23.1 Å². The molecule has 1 aliphatic heterocycles. The second-order valence-electron chi connectivity index (χ2n) is 6.74. The van der Waals surface area contributed by atoms with E-state index in [0.29, 0.717) is 30.4 Å². The number of aromatic nitrogens is 2. The van der Waals surface area contributed by atoms with Crippen molar-refractivity contribution in [2.24, 2.45) is 0 Å². The number of furan rings is 1. The molecule has 0 saturated carbocycles. The van der Waals surface area contributed by atoms with E-state index in [9.17, 15) is 9.59 Å². The first-order chi connectivity index (χ1) is 14.7. The molecule has 0 aliphatic carbocycles. The molecule has 150 valence electrons. The third kappa shape index (κ3) is 3.50. The zero-order chi connectivity index (χ0) is 20.5. The molecule has 4 aromatic rings. The predicted molar refractivity (Wildman–Crippen MR) is 109 cm³/mol. The van der Waals surface area contributed by atoms with Gasteiger partial charge in [-0.15, -0.1) is 0 Å². The Labute approximate surface area is 175 Å². The van der Waals surface area contributed by atoms with Crippen LogP contribution in [0.5, 0.6) is 0 Å². The van der Waals surface area contributed by atoms with Crippen LogP contribution in [0.15, 0.2) is 63.7 Å². The number of hydrogen-bond acceptors (Lipinski definition) is 7. The molecule has 30 heavy (non-hydrogen) atoms. The Morgan fingerprint density at radius 3 is 2.80 bits per heavy atom. The summed E-state index contributed by atoms with van der Waals surface area (Å²) in [5.74, 6) is 0.230. The maximum atomic E-state index is 12.9. The number of anilines is 1. The predicted octanol–water partition coefficient (Wildman–Crippen LogP) is 3.84. The molecule has 8 nitrogen and oxygen atoms in total. The molecule has 0 radical (unpaired) electrons. The average molecular weight is 420 g/mol. The zero-order valence-corrected chi connectivity index (χ0v) is 16.5. The van der Waals surface area contributed by atoms with Gasteiger partial charge in [0, 0.05) is 29.5 Å². The lowest BCUT2D eigenvalue weighted by Crippen LogP contribution is -2.35. The Morgan fingerprint density at radius 1 is 1.13 bits per heavy atom. The first kappa shape index (κ1) is 18.3. The van der Waals surface area contributed by atoms with Crippen molar-refractivity contribution in [3.8, 4) is 11.3 Å². The largest absolute Gasteiger partial charge is 0.459 e. The number of benzene rings is 1. The van der Waals surface area contributed by atoms with E-state index in [4.69, 9.17) is 8.94 Å². The summed E-state index contributed by atoms with van der Waals surface area (Å²) in [4.78, 5) is 32.2. The van der Waals surface area contributed by atoms with Gasteiger partial charge in [-0.2, -0.15) is 0 Å². The van der Waals surface area contributed by atoms with Crippen molar-refractivity contribution in [1.82, 2.24) is 15.0 Å². The first-order valence-corrected chi connectivity index (χ1v) is 10.1. The normalized spacial score (nSPS) is 13.1. The van der Waals surface area contributed by atoms with Crippen molar-refractivity contribution in [3.05, 3.63) is 76.8 Å². The van der Waals surface area contributed by atoms with E-state index in [1.807, 2.05) is 30.3 Å². The van der Waals surface area contributed by atoms with Crippen molar-refractivity contribution in [2.45, 2.75) is 13.0 Å². The Bertz CT molecular complexity index is 1200. The number of carbonyl (C=O) groups excluding carboxylic acids is 2. The molecule has 3 aromatic heterocycles. The third-order valence-electron chi connectivity index (χ3n) is 4.77. The topological polar surface area (TPSA) is 101 Å². The number of hydrogen-bond donors (Lipinski definition) is 1. The van der Waals surface area contributed by atoms with Gasteiger partial charge >= 0.3 is 0 Å². The number of rotatable bonds is 4. The van der Waals surface area contributed by atoms with Gasteiger partial charge < -0.3 is 13.8 Å². The minimum Gasteiger partial charge on any atom is -0.459 e.